The molecule has 6 heteroatoms. The number of terminal acetylenes is 1. The van der Waals surface area contributed by atoms with Crippen molar-refractivity contribution in [2.75, 3.05) is 11.3 Å². The van der Waals surface area contributed by atoms with Gasteiger partial charge in [0.05, 0.1) is 10.6 Å². The molecule has 4 nitrogen and oxygen atoms in total. The Kier molecular flexibility index (Phi) is 4.45. The molecule has 2 aromatic rings. The van der Waals surface area contributed by atoms with Gasteiger partial charge in [-0.2, -0.15) is 0 Å². The van der Waals surface area contributed by atoms with E-state index in [9.17, 15) is 12.8 Å². The lowest BCUT2D eigenvalue weighted by Gasteiger charge is -2.09. The van der Waals surface area contributed by atoms with Gasteiger partial charge in [-0.25, -0.2) is 12.8 Å². The summed E-state index contributed by atoms with van der Waals surface area (Å²) in [6.45, 7) is 0.0968. The summed E-state index contributed by atoms with van der Waals surface area (Å²) < 4.78 is 45.1. The largest absolute Gasteiger partial charge is 0.481 e. The summed E-state index contributed by atoms with van der Waals surface area (Å²) in [6, 6.07) is 11.2. The third-order valence-electron chi connectivity index (χ3n) is 2.57. The van der Waals surface area contributed by atoms with Gasteiger partial charge in [0, 0.05) is 0 Å². The maximum atomic E-state index is 13.5. The average Bonchev–Trinajstić information content (AvgIpc) is 2.48. The second kappa shape index (κ2) is 6.29. The zero-order valence-electron chi connectivity index (χ0n) is 10.9. The highest BCUT2D eigenvalue weighted by Crippen LogP contribution is 2.20. The summed E-state index contributed by atoms with van der Waals surface area (Å²) in [7, 11) is -3.86. The van der Waals surface area contributed by atoms with Gasteiger partial charge in [-0.15, -0.1) is 6.42 Å². The summed E-state index contributed by atoms with van der Waals surface area (Å²) in [6.07, 6.45) is 5.06. The fourth-order valence-electron chi connectivity index (χ4n) is 1.59. The number of sulfonamides is 1. The van der Waals surface area contributed by atoms with Gasteiger partial charge < -0.3 is 4.74 Å². The van der Waals surface area contributed by atoms with Gasteiger partial charge in [0.1, 0.15) is 18.2 Å². The van der Waals surface area contributed by atoms with Crippen LogP contribution in [0.15, 0.2) is 53.4 Å². The predicted octanol–water partition coefficient (Wildman–Crippen LogP) is 2.64. The van der Waals surface area contributed by atoms with Crippen molar-refractivity contribution < 1.29 is 17.5 Å². The Labute approximate surface area is 122 Å². The van der Waals surface area contributed by atoms with Crippen molar-refractivity contribution in [3.05, 3.63) is 54.3 Å². The van der Waals surface area contributed by atoms with E-state index in [1.165, 1.54) is 48.5 Å². The molecule has 0 saturated heterocycles. The molecular weight excluding hydrogens is 293 g/mol. The summed E-state index contributed by atoms with van der Waals surface area (Å²) >= 11 is 0. The molecule has 2 aromatic carbocycles. The maximum Gasteiger partial charge on any atom is 0.261 e. The number of benzene rings is 2. The van der Waals surface area contributed by atoms with Gasteiger partial charge in [0.2, 0.25) is 0 Å². The molecule has 0 saturated carbocycles. The lowest BCUT2D eigenvalue weighted by molar-refractivity contribution is 0.370. The monoisotopic (exact) mass is 305 g/mol. The lowest BCUT2D eigenvalue weighted by Crippen LogP contribution is -2.13. The van der Waals surface area contributed by atoms with E-state index in [0.29, 0.717) is 5.75 Å². The summed E-state index contributed by atoms with van der Waals surface area (Å²) in [4.78, 5) is -0.00110. The highest BCUT2D eigenvalue weighted by Gasteiger charge is 2.15. The van der Waals surface area contributed by atoms with Crippen molar-refractivity contribution in [1.82, 2.24) is 0 Å². The van der Waals surface area contributed by atoms with Crippen molar-refractivity contribution in [2.45, 2.75) is 4.90 Å². The summed E-state index contributed by atoms with van der Waals surface area (Å²) in [5.41, 5.74) is -0.106. The molecule has 0 bridgehead atoms. The molecule has 0 radical (unpaired) electrons. The smallest absolute Gasteiger partial charge is 0.261 e. The first kappa shape index (κ1) is 14.9. The van der Waals surface area contributed by atoms with Crippen LogP contribution in [0.1, 0.15) is 0 Å². The SMILES string of the molecule is C#CCOc1ccc(S(=O)(=O)Nc2ccccc2F)cc1. The Bertz CT molecular complexity index is 764. The maximum absolute atomic E-state index is 13.5. The van der Waals surface area contributed by atoms with Gasteiger partial charge in [-0.1, -0.05) is 18.1 Å². The van der Waals surface area contributed by atoms with E-state index in [0.717, 1.165) is 0 Å². The van der Waals surface area contributed by atoms with Crippen LogP contribution >= 0.6 is 0 Å². The molecule has 0 spiro atoms. The molecule has 108 valence electrons. The van der Waals surface area contributed by atoms with Crippen LogP contribution in [0.4, 0.5) is 10.1 Å². The van der Waals surface area contributed by atoms with Crippen molar-refractivity contribution in [3.8, 4) is 18.1 Å². The number of hydrogen-bond donors (Lipinski definition) is 1. The van der Waals surface area contributed by atoms with Crippen LogP contribution in [-0.4, -0.2) is 15.0 Å². The third kappa shape index (κ3) is 3.74. The first-order valence-corrected chi connectivity index (χ1v) is 7.45. The minimum Gasteiger partial charge on any atom is -0.481 e. The molecule has 0 amide bonds. The first-order valence-electron chi connectivity index (χ1n) is 5.96. The predicted molar refractivity (Wildman–Crippen MR) is 78.0 cm³/mol. The van der Waals surface area contributed by atoms with Gasteiger partial charge in [0.15, 0.2) is 0 Å². The normalized spacial score (nSPS) is 10.7. The highest BCUT2D eigenvalue weighted by atomic mass is 32.2. The van der Waals surface area contributed by atoms with Crippen LogP contribution in [0.2, 0.25) is 0 Å². The zero-order chi connectivity index (χ0) is 15.3. The van der Waals surface area contributed by atoms with Crippen LogP contribution in [0, 0.1) is 18.2 Å². The zero-order valence-corrected chi connectivity index (χ0v) is 11.7. The Balaban J connectivity index is 2.20. The topological polar surface area (TPSA) is 55.4 Å². The van der Waals surface area contributed by atoms with Gasteiger partial charge in [0.25, 0.3) is 10.0 Å². The number of para-hydroxylation sites is 1. The molecule has 0 atom stereocenters. The number of rotatable bonds is 5. The van der Waals surface area contributed by atoms with Crippen molar-refractivity contribution in [3.63, 3.8) is 0 Å². The molecule has 21 heavy (non-hydrogen) atoms. The molecule has 0 unspecified atom stereocenters. The summed E-state index contributed by atoms with van der Waals surface area (Å²) in [5.74, 6) is 2.12. The molecule has 2 rings (SSSR count). The van der Waals surface area contributed by atoms with Crippen molar-refractivity contribution >= 4 is 15.7 Å². The Morgan fingerprint density at radius 3 is 2.43 bits per heavy atom. The molecule has 0 heterocycles. The van der Waals surface area contributed by atoms with Crippen LogP contribution in [0.3, 0.4) is 0 Å². The van der Waals surface area contributed by atoms with E-state index in [4.69, 9.17) is 11.2 Å². The lowest BCUT2D eigenvalue weighted by atomic mass is 10.3. The van der Waals surface area contributed by atoms with Crippen molar-refractivity contribution in [1.29, 1.82) is 0 Å². The number of anilines is 1. The molecule has 0 aliphatic heterocycles. The minimum atomic E-state index is -3.86. The third-order valence-corrected chi connectivity index (χ3v) is 3.96. The van der Waals surface area contributed by atoms with E-state index in [-0.39, 0.29) is 17.2 Å². The molecule has 0 aliphatic carbocycles. The van der Waals surface area contributed by atoms with Crippen LogP contribution < -0.4 is 9.46 Å². The van der Waals surface area contributed by atoms with E-state index >= 15 is 0 Å². The quantitative estimate of drug-likeness (QED) is 0.864. The highest BCUT2D eigenvalue weighted by molar-refractivity contribution is 7.92. The number of hydrogen-bond acceptors (Lipinski definition) is 3. The van der Waals surface area contributed by atoms with Gasteiger partial charge in [-0.3, -0.25) is 4.72 Å². The standard InChI is InChI=1S/C15H12FNO3S/c1-2-11-20-12-7-9-13(10-8-12)21(18,19)17-15-6-4-3-5-14(15)16/h1,3-10,17H,11H2. The Hall–Kier alpha value is -2.52. The first-order chi connectivity index (χ1) is 10.0. The number of halogens is 1. The average molecular weight is 305 g/mol. The fraction of sp³-hybridized carbons (Fsp3) is 0.0667. The molecule has 1 N–H and O–H groups in total. The molecule has 0 aromatic heterocycles. The van der Waals surface area contributed by atoms with Crippen LogP contribution in [0.25, 0.3) is 0 Å². The van der Waals surface area contributed by atoms with Gasteiger partial charge in [-0.05, 0) is 36.4 Å². The van der Waals surface area contributed by atoms with Crippen LogP contribution in [-0.2, 0) is 10.0 Å². The van der Waals surface area contributed by atoms with E-state index < -0.39 is 15.8 Å². The van der Waals surface area contributed by atoms with Crippen molar-refractivity contribution in [2.24, 2.45) is 0 Å². The summed E-state index contributed by atoms with van der Waals surface area (Å²) in [5, 5.41) is 0. The minimum absolute atomic E-state index is 0.00110. The van der Waals surface area contributed by atoms with E-state index in [2.05, 4.69) is 10.6 Å². The van der Waals surface area contributed by atoms with E-state index in [1.807, 2.05) is 0 Å². The fourth-order valence-corrected chi connectivity index (χ4v) is 2.65. The van der Waals surface area contributed by atoms with Crippen LogP contribution in [0.5, 0.6) is 5.75 Å². The molecule has 0 aliphatic rings. The Morgan fingerprint density at radius 1 is 1.14 bits per heavy atom. The number of ether oxygens (including phenoxy) is 1. The van der Waals surface area contributed by atoms with Gasteiger partial charge >= 0.3 is 0 Å². The van der Waals surface area contributed by atoms with E-state index in [1.54, 1.807) is 0 Å². The second-order valence-corrected chi connectivity index (χ2v) is 5.73. The molecular formula is C15H12FNO3S. The second-order valence-electron chi connectivity index (χ2n) is 4.05. The Morgan fingerprint density at radius 2 is 1.81 bits per heavy atom. The number of nitrogens with one attached hydrogen (secondary N) is 1. The molecule has 0 fully saturated rings.